The average Bonchev–Trinajstić information content (AvgIpc) is 2.39. The third kappa shape index (κ3) is 3.31. The smallest absolute Gasteiger partial charge is 0.136 e. The summed E-state index contributed by atoms with van der Waals surface area (Å²) in [5, 5.41) is 3.28. The van der Waals surface area contributed by atoms with Gasteiger partial charge in [0.1, 0.15) is 11.6 Å². The van der Waals surface area contributed by atoms with Gasteiger partial charge in [0.15, 0.2) is 0 Å². The van der Waals surface area contributed by atoms with Crippen LogP contribution in [0.25, 0.3) is 11.3 Å². The fourth-order valence-electron chi connectivity index (χ4n) is 1.81. The minimum absolute atomic E-state index is 0.0606. The van der Waals surface area contributed by atoms with Crippen LogP contribution in [0.1, 0.15) is 33.5 Å². The molecular formula is C16H21N3. The molecule has 3 heteroatoms. The maximum atomic E-state index is 4.71. The van der Waals surface area contributed by atoms with Crippen molar-refractivity contribution in [3.8, 4) is 11.3 Å². The molecule has 0 spiro atoms. The maximum absolute atomic E-state index is 4.71. The van der Waals surface area contributed by atoms with E-state index in [1.54, 1.807) is 0 Å². The third-order valence-corrected chi connectivity index (χ3v) is 2.82. The van der Waals surface area contributed by atoms with Crippen LogP contribution < -0.4 is 5.32 Å². The van der Waals surface area contributed by atoms with Crippen molar-refractivity contribution in [2.75, 3.05) is 11.9 Å². The van der Waals surface area contributed by atoms with Crippen LogP contribution in [0.3, 0.4) is 0 Å². The van der Waals surface area contributed by atoms with E-state index in [1.165, 1.54) is 0 Å². The van der Waals surface area contributed by atoms with E-state index in [1.807, 2.05) is 24.3 Å². The van der Waals surface area contributed by atoms with Crippen LogP contribution in [0, 0.1) is 0 Å². The van der Waals surface area contributed by atoms with Gasteiger partial charge in [0.25, 0.3) is 0 Å². The number of benzene rings is 1. The van der Waals surface area contributed by atoms with Crippen molar-refractivity contribution in [1.29, 1.82) is 0 Å². The molecule has 0 aliphatic rings. The Balaban J connectivity index is 2.52. The summed E-state index contributed by atoms with van der Waals surface area (Å²) in [6.45, 7) is 9.32. The van der Waals surface area contributed by atoms with Crippen molar-refractivity contribution in [2.45, 2.75) is 33.1 Å². The first-order valence-corrected chi connectivity index (χ1v) is 6.69. The molecule has 0 aliphatic carbocycles. The highest BCUT2D eigenvalue weighted by Crippen LogP contribution is 2.25. The van der Waals surface area contributed by atoms with Crippen LogP contribution in [0.2, 0.25) is 0 Å². The molecule has 3 nitrogen and oxygen atoms in total. The molecule has 2 rings (SSSR count). The zero-order chi connectivity index (χ0) is 13.9. The topological polar surface area (TPSA) is 37.8 Å². The van der Waals surface area contributed by atoms with E-state index in [4.69, 9.17) is 4.98 Å². The second-order valence-corrected chi connectivity index (χ2v) is 5.61. The number of hydrogen-bond acceptors (Lipinski definition) is 3. The van der Waals surface area contributed by atoms with Crippen LogP contribution in [-0.2, 0) is 5.41 Å². The molecule has 0 bridgehead atoms. The molecule has 0 saturated heterocycles. The Kier molecular flexibility index (Phi) is 3.84. The minimum Gasteiger partial charge on any atom is -0.370 e. The molecule has 0 fully saturated rings. The van der Waals surface area contributed by atoms with E-state index in [0.717, 1.165) is 29.4 Å². The predicted octanol–water partition coefficient (Wildman–Crippen LogP) is 3.87. The number of anilines is 1. The summed E-state index contributed by atoms with van der Waals surface area (Å²) in [5.41, 5.74) is 2.03. The average molecular weight is 255 g/mol. The highest BCUT2D eigenvalue weighted by molar-refractivity contribution is 5.62. The van der Waals surface area contributed by atoms with Crippen molar-refractivity contribution in [2.24, 2.45) is 0 Å². The first-order chi connectivity index (χ1) is 9.00. The molecule has 2 aromatic rings. The van der Waals surface area contributed by atoms with Gasteiger partial charge in [-0.2, -0.15) is 0 Å². The van der Waals surface area contributed by atoms with Gasteiger partial charge in [-0.1, -0.05) is 51.1 Å². The fraction of sp³-hybridized carbons (Fsp3) is 0.375. The molecule has 0 radical (unpaired) electrons. The fourth-order valence-corrected chi connectivity index (χ4v) is 1.81. The summed E-state index contributed by atoms with van der Waals surface area (Å²) in [6.07, 6.45) is 0. The molecule has 1 aromatic carbocycles. The first-order valence-electron chi connectivity index (χ1n) is 6.69. The van der Waals surface area contributed by atoms with Gasteiger partial charge in [-0.15, -0.1) is 0 Å². The standard InChI is InChI=1S/C16H21N3/c1-5-17-14-11-13(12-9-7-6-8-10-12)18-15(19-14)16(2,3)4/h6-11H,5H2,1-4H3,(H,17,18,19). The Labute approximate surface area is 115 Å². The van der Waals surface area contributed by atoms with Gasteiger partial charge in [0.05, 0.1) is 5.69 Å². The van der Waals surface area contributed by atoms with Crippen LogP contribution in [-0.4, -0.2) is 16.5 Å². The molecule has 1 aromatic heterocycles. The molecular weight excluding hydrogens is 234 g/mol. The van der Waals surface area contributed by atoms with Gasteiger partial charge in [-0.05, 0) is 6.92 Å². The van der Waals surface area contributed by atoms with E-state index in [-0.39, 0.29) is 5.41 Å². The lowest BCUT2D eigenvalue weighted by Gasteiger charge is -2.19. The van der Waals surface area contributed by atoms with Crippen LogP contribution >= 0.6 is 0 Å². The molecule has 1 heterocycles. The molecule has 0 aliphatic heterocycles. The minimum atomic E-state index is -0.0606. The Hall–Kier alpha value is -1.90. The second-order valence-electron chi connectivity index (χ2n) is 5.61. The van der Waals surface area contributed by atoms with Crippen molar-refractivity contribution < 1.29 is 0 Å². The first kappa shape index (κ1) is 13.5. The van der Waals surface area contributed by atoms with Gasteiger partial charge >= 0.3 is 0 Å². The van der Waals surface area contributed by atoms with E-state index < -0.39 is 0 Å². The number of hydrogen-bond donors (Lipinski definition) is 1. The van der Waals surface area contributed by atoms with E-state index in [2.05, 4.69) is 50.1 Å². The van der Waals surface area contributed by atoms with Crippen molar-refractivity contribution in [3.63, 3.8) is 0 Å². The van der Waals surface area contributed by atoms with Gasteiger partial charge in [0.2, 0.25) is 0 Å². The van der Waals surface area contributed by atoms with E-state index >= 15 is 0 Å². The van der Waals surface area contributed by atoms with Crippen molar-refractivity contribution in [3.05, 3.63) is 42.2 Å². The lowest BCUT2D eigenvalue weighted by molar-refractivity contribution is 0.546. The van der Waals surface area contributed by atoms with Gasteiger partial charge in [-0.25, -0.2) is 9.97 Å². The van der Waals surface area contributed by atoms with Crippen LogP contribution in [0.5, 0.6) is 0 Å². The van der Waals surface area contributed by atoms with Gasteiger partial charge in [0, 0.05) is 23.6 Å². The van der Waals surface area contributed by atoms with Crippen LogP contribution in [0.15, 0.2) is 36.4 Å². The Bertz CT molecular complexity index is 542. The highest BCUT2D eigenvalue weighted by Gasteiger charge is 2.19. The molecule has 0 unspecified atom stereocenters. The van der Waals surface area contributed by atoms with Crippen molar-refractivity contribution >= 4 is 5.82 Å². The predicted molar refractivity (Wildman–Crippen MR) is 80.3 cm³/mol. The maximum Gasteiger partial charge on any atom is 0.136 e. The molecule has 19 heavy (non-hydrogen) atoms. The molecule has 0 atom stereocenters. The SMILES string of the molecule is CCNc1cc(-c2ccccc2)nc(C(C)(C)C)n1. The summed E-state index contributed by atoms with van der Waals surface area (Å²) < 4.78 is 0. The zero-order valence-corrected chi connectivity index (χ0v) is 12.1. The zero-order valence-electron chi connectivity index (χ0n) is 12.1. The van der Waals surface area contributed by atoms with Crippen molar-refractivity contribution in [1.82, 2.24) is 9.97 Å². The summed E-state index contributed by atoms with van der Waals surface area (Å²) in [6, 6.07) is 12.2. The summed E-state index contributed by atoms with van der Waals surface area (Å²) in [7, 11) is 0. The molecule has 1 N–H and O–H groups in total. The molecule has 0 amide bonds. The Morgan fingerprint density at radius 2 is 1.74 bits per heavy atom. The number of rotatable bonds is 3. The lowest BCUT2D eigenvalue weighted by atomic mass is 9.95. The quantitative estimate of drug-likeness (QED) is 0.904. The number of nitrogens with zero attached hydrogens (tertiary/aromatic N) is 2. The number of nitrogens with one attached hydrogen (secondary N) is 1. The molecule has 0 saturated carbocycles. The summed E-state index contributed by atoms with van der Waals surface area (Å²) >= 11 is 0. The van der Waals surface area contributed by atoms with E-state index in [0.29, 0.717) is 0 Å². The summed E-state index contributed by atoms with van der Waals surface area (Å²) in [4.78, 5) is 9.30. The van der Waals surface area contributed by atoms with Gasteiger partial charge in [-0.3, -0.25) is 0 Å². The third-order valence-electron chi connectivity index (χ3n) is 2.82. The lowest BCUT2D eigenvalue weighted by Crippen LogP contribution is -2.17. The number of aromatic nitrogens is 2. The normalized spacial score (nSPS) is 11.4. The van der Waals surface area contributed by atoms with Crippen LogP contribution in [0.4, 0.5) is 5.82 Å². The largest absolute Gasteiger partial charge is 0.370 e. The summed E-state index contributed by atoms with van der Waals surface area (Å²) in [5.74, 6) is 1.76. The Morgan fingerprint density at radius 1 is 1.05 bits per heavy atom. The highest BCUT2D eigenvalue weighted by atomic mass is 15.0. The Morgan fingerprint density at radius 3 is 2.32 bits per heavy atom. The molecule has 100 valence electrons. The van der Waals surface area contributed by atoms with Gasteiger partial charge < -0.3 is 5.32 Å². The monoisotopic (exact) mass is 255 g/mol. The second kappa shape index (κ2) is 5.39. The van der Waals surface area contributed by atoms with E-state index in [9.17, 15) is 0 Å².